The Labute approximate surface area is 210 Å². The Bertz CT molecular complexity index is 1280. The summed E-state index contributed by atoms with van der Waals surface area (Å²) in [6, 6.07) is 23.2. The van der Waals surface area contributed by atoms with Gasteiger partial charge in [-0.1, -0.05) is 54.6 Å². The van der Waals surface area contributed by atoms with E-state index in [0.717, 1.165) is 0 Å². The van der Waals surface area contributed by atoms with Crippen molar-refractivity contribution in [3.05, 3.63) is 95.6 Å². The summed E-state index contributed by atoms with van der Waals surface area (Å²) >= 11 is 0. The summed E-state index contributed by atoms with van der Waals surface area (Å²) in [7, 11) is 2.95. The molecule has 3 aromatic rings. The molecule has 3 rings (SSSR count). The Balaban J connectivity index is 2.21. The second-order valence-corrected chi connectivity index (χ2v) is 8.01. The second-order valence-electron chi connectivity index (χ2n) is 8.01. The Morgan fingerprint density at radius 1 is 0.861 bits per heavy atom. The molecular weight excluding hydrogens is 458 g/mol. The predicted octanol–water partition coefficient (Wildman–Crippen LogP) is 4.80. The molecule has 7 nitrogen and oxygen atoms in total. The van der Waals surface area contributed by atoms with E-state index in [4.69, 9.17) is 14.2 Å². The first-order chi connectivity index (χ1) is 17.4. The number of ether oxygens (including phenoxy) is 3. The Morgan fingerprint density at radius 2 is 1.44 bits per heavy atom. The van der Waals surface area contributed by atoms with Crippen molar-refractivity contribution in [1.29, 1.82) is 5.26 Å². The standard InChI is InChI=1S/C29H27NO6/c1-4-36-28(33)29(19-30,22-12-6-5-7-13-22)25(27(32)21-11-9-15-24(17-21)35-3)18-26(31)20-10-8-14-23(16-20)34-2/h5-17,25H,4,18H2,1-3H3. The normalized spacial score (nSPS) is 12.9. The van der Waals surface area contributed by atoms with Gasteiger partial charge in [0.1, 0.15) is 11.5 Å². The summed E-state index contributed by atoms with van der Waals surface area (Å²) in [5.74, 6) is -2.35. The van der Waals surface area contributed by atoms with Crippen LogP contribution in [0.25, 0.3) is 0 Å². The van der Waals surface area contributed by atoms with Crippen molar-refractivity contribution in [3.63, 3.8) is 0 Å². The molecule has 0 aliphatic heterocycles. The molecule has 0 aromatic heterocycles. The van der Waals surface area contributed by atoms with E-state index in [0.29, 0.717) is 17.1 Å². The molecule has 0 amide bonds. The third-order valence-corrected chi connectivity index (χ3v) is 5.98. The molecule has 2 unspecified atom stereocenters. The number of hydrogen-bond acceptors (Lipinski definition) is 7. The van der Waals surface area contributed by atoms with E-state index in [1.54, 1.807) is 79.7 Å². The molecule has 0 saturated heterocycles. The van der Waals surface area contributed by atoms with Crippen LogP contribution < -0.4 is 9.47 Å². The monoisotopic (exact) mass is 485 g/mol. The van der Waals surface area contributed by atoms with Crippen molar-refractivity contribution in [2.45, 2.75) is 18.8 Å². The fourth-order valence-corrected chi connectivity index (χ4v) is 4.12. The molecule has 3 aromatic carbocycles. The first kappa shape index (κ1) is 26.2. The van der Waals surface area contributed by atoms with Crippen LogP contribution in [-0.2, 0) is 14.9 Å². The SMILES string of the molecule is CCOC(=O)C(C#N)(c1ccccc1)C(CC(=O)c1cccc(OC)c1)C(=O)c1cccc(OC)c1. The molecule has 0 fully saturated rings. The van der Waals surface area contributed by atoms with Crippen molar-refractivity contribution in [2.75, 3.05) is 20.8 Å². The minimum atomic E-state index is -2.06. The van der Waals surface area contributed by atoms with Crippen LogP contribution in [0.4, 0.5) is 0 Å². The maximum absolute atomic E-state index is 14.0. The van der Waals surface area contributed by atoms with Crippen LogP contribution in [0.1, 0.15) is 39.6 Å². The molecule has 0 heterocycles. The zero-order valence-electron chi connectivity index (χ0n) is 20.4. The van der Waals surface area contributed by atoms with Gasteiger partial charge >= 0.3 is 5.97 Å². The zero-order valence-corrected chi connectivity index (χ0v) is 20.4. The molecular formula is C29H27NO6. The van der Waals surface area contributed by atoms with Gasteiger partial charge in [-0.05, 0) is 36.8 Å². The maximum Gasteiger partial charge on any atom is 0.331 e. The van der Waals surface area contributed by atoms with E-state index in [1.807, 2.05) is 0 Å². The van der Waals surface area contributed by atoms with E-state index in [9.17, 15) is 19.6 Å². The smallest absolute Gasteiger partial charge is 0.331 e. The van der Waals surface area contributed by atoms with Gasteiger partial charge in [-0.2, -0.15) is 5.26 Å². The average Bonchev–Trinajstić information content (AvgIpc) is 2.93. The second kappa shape index (κ2) is 11.8. The zero-order chi connectivity index (χ0) is 26.1. The van der Waals surface area contributed by atoms with Crippen LogP contribution >= 0.6 is 0 Å². The fraction of sp³-hybridized carbons (Fsp3) is 0.241. The van der Waals surface area contributed by atoms with Crippen LogP contribution in [0.15, 0.2) is 78.9 Å². The summed E-state index contributed by atoms with van der Waals surface area (Å²) in [4.78, 5) is 40.9. The van der Waals surface area contributed by atoms with Crippen molar-refractivity contribution in [3.8, 4) is 17.6 Å². The Hall–Kier alpha value is -4.44. The van der Waals surface area contributed by atoms with E-state index < -0.39 is 35.3 Å². The minimum Gasteiger partial charge on any atom is -0.497 e. The van der Waals surface area contributed by atoms with Gasteiger partial charge in [-0.25, -0.2) is 4.79 Å². The summed E-state index contributed by atoms with van der Waals surface area (Å²) in [6.07, 6.45) is -0.412. The van der Waals surface area contributed by atoms with Crippen LogP contribution in [0.5, 0.6) is 11.5 Å². The van der Waals surface area contributed by atoms with Gasteiger partial charge in [0.25, 0.3) is 0 Å². The van der Waals surface area contributed by atoms with Gasteiger partial charge in [0.2, 0.25) is 0 Å². The highest BCUT2D eigenvalue weighted by Crippen LogP contribution is 2.39. The first-order valence-corrected chi connectivity index (χ1v) is 11.4. The molecule has 0 aliphatic carbocycles. The number of rotatable bonds is 11. The molecule has 0 N–H and O–H groups in total. The quantitative estimate of drug-likeness (QED) is 0.284. The molecule has 0 aliphatic rings. The topological polar surface area (TPSA) is 103 Å². The number of nitrogens with zero attached hydrogens (tertiary/aromatic N) is 1. The number of benzene rings is 3. The highest BCUT2D eigenvalue weighted by Gasteiger charge is 2.53. The third kappa shape index (κ3) is 5.28. The van der Waals surface area contributed by atoms with Gasteiger partial charge < -0.3 is 14.2 Å². The van der Waals surface area contributed by atoms with Crippen LogP contribution in [-0.4, -0.2) is 38.4 Å². The molecule has 2 atom stereocenters. The first-order valence-electron chi connectivity index (χ1n) is 11.4. The number of Topliss-reactive ketones (excluding diaryl/α,β-unsaturated/α-hetero) is 2. The largest absolute Gasteiger partial charge is 0.497 e. The van der Waals surface area contributed by atoms with Crippen molar-refractivity contribution in [1.82, 2.24) is 0 Å². The molecule has 0 saturated carbocycles. The number of methoxy groups -OCH3 is 2. The third-order valence-electron chi connectivity index (χ3n) is 5.98. The number of esters is 1. The predicted molar refractivity (Wildman–Crippen MR) is 133 cm³/mol. The van der Waals surface area contributed by atoms with Crippen molar-refractivity contribution in [2.24, 2.45) is 5.92 Å². The number of carbonyl (C=O) groups excluding carboxylic acids is 3. The molecule has 0 spiro atoms. The van der Waals surface area contributed by atoms with E-state index in [1.165, 1.54) is 20.3 Å². The van der Waals surface area contributed by atoms with E-state index in [-0.39, 0.29) is 17.7 Å². The van der Waals surface area contributed by atoms with Crippen LogP contribution in [0, 0.1) is 17.2 Å². The number of carbonyl (C=O) groups is 3. The summed E-state index contributed by atoms with van der Waals surface area (Å²) < 4.78 is 15.8. The van der Waals surface area contributed by atoms with Gasteiger partial charge in [0, 0.05) is 17.5 Å². The lowest BCUT2D eigenvalue weighted by molar-refractivity contribution is -0.149. The van der Waals surface area contributed by atoms with Crippen molar-refractivity contribution >= 4 is 17.5 Å². The Kier molecular flexibility index (Phi) is 8.58. The summed E-state index contributed by atoms with van der Waals surface area (Å²) in [5.41, 5.74) is -1.30. The summed E-state index contributed by atoms with van der Waals surface area (Å²) in [5, 5.41) is 10.5. The van der Waals surface area contributed by atoms with Crippen LogP contribution in [0.3, 0.4) is 0 Å². The Morgan fingerprint density at radius 3 is 2.00 bits per heavy atom. The van der Waals surface area contributed by atoms with Crippen molar-refractivity contribution < 1.29 is 28.6 Å². The molecule has 184 valence electrons. The molecule has 0 bridgehead atoms. The van der Waals surface area contributed by atoms with E-state index >= 15 is 0 Å². The maximum atomic E-state index is 14.0. The number of nitriles is 1. The lowest BCUT2D eigenvalue weighted by atomic mass is 9.66. The number of hydrogen-bond donors (Lipinski definition) is 0. The highest BCUT2D eigenvalue weighted by atomic mass is 16.5. The van der Waals surface area contributed by atoms with Gasteiger partial charge in [-0.3, -0.25) is 9.59 Å². The molecule has 36 heavy (non-hydrogen) atoms. The van der Waals surface area contributed by atoms with Gasteiger partial charge in [0.05, 0.1) is 32.8 Å². The number of ketones is 2. The lowest BCUT2D eigenvalue weighted by Crippen LogP contribution is -2.47. The van der Waals surface area contributed by atoms with Gasteiger partial charge in [-0.15, -0.1) is 0 Å². The molecule has 7 heteroatoms. The summed E-state index contributed by atoms with van der Waals surface area (Å²) in [6.45, 7) is 1.62. The fourth-order valence-electron chi connectivity index (χ4n) is 4.12. The molecule has 0 radical (unpaired) electrons. The van der Waals surface area contributed by atoms with Gasteiger partial charge in [0.15, 0.2) is 17.0 Å². The average molecular weight is 486 g/mol. The van der Waals surface area contributed by atoms with E-state index in [2.05, 4.69) is 6.07 Å². The minimum absolute atomic E-state index is 0.000994. The van der Waals surface area contributed by atoms with Crippen LogP contribution in [0.2, 0.25) is 0 Å². The highest BCUT2D eigenvalue weighted by molar-refractivity contribution is 6.08. The lowest BCUT2D eigenvalue weighted by Gasteiger charge is -2.32.